The summed E-state index contributed by atoms with van der Waals surface area (Å²) in [6, 6.07) is 5.56. The fraction of sp³-hybridized carbons (Fsp3) is 0.261. The Balaban J connectivity index is 1.28. The van der Waals surface area contributed by atoms with E-state index >= 15 is 0 Å². The lowest BCUT2D eigenvalue weighted by Gasteiger charge is -2.25. The molecule has 0 saturated carbocycles. The summed E-state index contributed by atoms with van der Waals surface area (Å²) in [6.07, 6.45) is 5.19. The quantitative estimate of drug-likeness (QED) is 0.580. The Hall–Kier alpha value is -4.20. The minimum absolute atomic E-state index is 0.270. The molecule has 0 spiro atoms. The Morgan fingerprint density at radius 2 is 2.15 bits per heavy atom. The van der Waals surface area contributed by atoms with Crippen LogP contribution in [-0.2, 0) is 6.54 Å². The number of anilines is 1. The molecule has 0 aliphatic carbocycles. The summed E-state index contributed by atoms with van der Waals surface area (Å²) >= 11 is 0. The lowest BCUT2D eigenvalue weighted by molar-refractivity contribution is -0.274. The van der Waals surface area contributed by atoms with Gasteiger partial charge in [0.1, 0.15) is 18.5 Å². The maximum atomic E-state index is 12.4. The van der Waals surface area contributed by atoms with Crippen molar-refractivity contribution < 1.29 is 17.9 Å². The van der Waals surface area contributed by atoms with Crippen LogP contribution in [0.3, 0.4) is 0 Å². The second kappa shape index (κ2) is 8.62. The van der Waals surface area contributed by atoms with E-state index in [1.165, 1.54) is 18.2 Å². The largest absolute Gasteiger partial charge is 0.573 e. The standard InChI is InChI=1S/C23H20F3N7O/c1-2-9-31-15-19-21(33-11-8-27-22(31)33)30-20(29-19)17-13-28-32(14-17)10-4-6-16-5-3-7-18(12-16)34-23(24,25)26/h3,5,7-8,11-15,20,29H,2,9-10H2,1H3. The number of allylic oxidation sites excluding steroid dienone is 1. The minimum atomic E-state index is -4.74. The third-order valence-electron chi connectivity index (χ3n) is 5.15. The summed E-state index contributed by atoms with van der Waals surface area (Å²) in [5.74, 6) is 7.09. The normalized spacial score (nSPS) is 16.6. The molecule has 8 nitrogen and oxygen atoms in total. The molecule has 5 rings (SSSR count). The zero-order valence-electron chi connectivity index (χ0n) is 18.1. The number of aromatic nitrogens is 4. The first-order chi connectivity index (χ1) is 16.4. The maximum Gasteiger partial charge on any atom is 0.573 e. The van der Waals surface area contributed by atoms with Gasteiger partial charge in [-0.25, -0.2) is 9.98 Å². The lowest BCUT2D eigenvalue weighted by atomic mass is 10.2. The molecular weight excluding hydrogens is 447 g/mol. The molecule has 174 valence electrons. The smallest absolute Gasteiger partial charge is 0.406 e. The van der Waals surface area contributed by atoms with E-state index in [4.69, 9.17) is 4.99 Å². The number of aliphatic imine (C=N–C) groups is 1. The van der Waals surface area contributed by atoms with E-state index in [-0.39, 0.29) is 18.5 Å². The highest BCUT2D eigenvalue weighted by atomic mass is 19.4. The Bertz CT molecular complexity index is 1330. The molecule has 1 N–H and O–H groups in total. The van der Waals surface area contributed by atoms with E-state index in [1.807, 2.05) is 23.2 Å². The third kappa shape index (κ3) is 4.47. The first-order valence-corrected chi connectivity index (χ1v) is 10.6. The fourth-order valence-electron chi connectivity index (χ4n) is 3.77. The second-order valence-corrected chi connectivity index (χ2v) is 7.68. The van der Waals surface area contributed by atoms with Gasteiger partial charge in [-0.15, -0.1) is 13.2 Å². The molecule has 11 heteroatoms. The van der Waals surface area contributed by atoms with Crippen molar-refractivity contribution in [3.8, 4) is 17.6 Å². The number of halogens is 3. The summed E-state index contributed by atoms with van der Waals surface area (Å²) in [5.41, 5.74) is 2.20. The van der Waals surface area contributed by atoms with Crippen LogP contribution in [0.4, 0.5) is 19.1 Å². The van der Waals surface area contributed by atoms with Crippen LogP contribution in [0.1, 0.15) is 30.6 Å². The zero-order valence-corrected chi connectivity index (χ0v) is 18.1. The maximum absolute atomic E-state index is 12.4. The van der Waals surface area contributed by atoms with Crippen molar-refractivity contribution in [2.45, 2.75) is 32.4 Å². The molecule has 1 aromatic carbocycles. The lowest BCUT2D eigenvalue weighted by Crippen LogP contribution is -2.32. The molecule has 4 heterocycles. The number of hydrogen-bond donors (Lipinski definition) is 1. The predicted molar refractivity (Wildman–Crippen MR) is 119 cm³/mol. The number of nitrogens with zero attached hydrogens (tertiary/aromatic N) is 6. The van der Waals surface area contributed by atoms with Crippen LogP contribution in [0, 0.1) is 11.8 Å². The van der Waals surface area contributed by atoms with Crippen molar-refractivity contribution in [1.82, 2.24) is 24.6 Å². The van der Waals surface area contributed by atoms with E-state index < -0.39 is 6.36 Å². The van der Waals surface area contributed by atoms with Gasteiger partial charge in [-0.2, -0.15) is 5.10 Å². The van der Waals surface area contributed by atoms with Gasteiger partial charge in [0.2, 0.25) is 5.95 Å². The monoisotopic (exact) mass is 467 g/mol. The highest BCUT2D eigenvalue weighted by molar-refractivity contribution is 6.04. The number of ether oxygens (including phenoxy) is 1. The second-order valence-electron chi connectivity index (χ2n) is 7.68. The molecule has 2 aliphatic heterocycles. The zero-order chi connectivity index (χ0) is 23.7. The third-order valence-corrected chi connectivity index (χ3v) is 5.15. The number of rotatable bonds is 5. The van der Waals surface area contributed by atoms with Crippen molar-refractivity contribution in [3.63, 3.8) is 0 Å². The van der Waals surface area contributed by atoms with Crippen molar-refractivity contribution >= 4 is 11.8 Å². The van der Waals surface area contributed by atoms with Crippen LogP contribution in [0.15, 0.2) is 65.9 Å². The summed E-state index contributed by atoms with van der Waals surface area (Å²) < 4.78 is 44.7. The number of hydrogen-bond acceptors (Lipinski definition) is 6. The Kier molecular flexibility index (Phi) is 5.49. The number of imidazole rings is 1. The van der Waals surface area contributed by atoms with E-state index in [2.05, 4.69) is 43.8 Å². The molecule has 0 radical (unpaired) electrons. The summed E-state index contributed by atoms with van der Waals surface area (Å²) in [4.78, 5) is 11.3. The Morgan fingerprint density at radius 1 is 1.26 bits per heavy atom. The highest BCUT2D eigenvalue weighted by Gasteiger charge is 2.32. The molecule has 2 aliphatic rings. The average Bonchev–Trinajstić information content (AvgIpc) is 3.52. The first kappa shape index (κ1) is 21.6. The van der Waals surface area contributed by atoms with Crippen LogP contribution >= 0.6 is 0 Å². The Labute approximate surface area is 193 Å². The van der Waals surface area contributed by atoms with Crippen LogP contribution in [-0.4, -0.2) is 38.1 Å². The fourth-order valence-corrected chi connectivity index (χ4v) is 3.77. The summed E-state index contributed by atoms with van der Waals surface area (Å²) in [6.45, 7) is 3.23. The molecule has 1 unspecified atom stereocenters. The highest BCUT2D eigenvalue weighted by Crippen LogP contribution is 2.29. The van der Waals surface area contributed by atoms with E-state index in [1.54, 1.807) is 23.1 Å². The average molecular weight is 467 g/mol. The minimum Gasteiger partial charge on any atom is -0.406 e. The first-order valence-electron chi connectivity index (χ1n) is 10.6. The molecule has 0 bridgehead atoms. The van der Waals surface area contributed by atoms with Crippen molar-refractivity contribution in [2.75, 3.05) is 11.4 Å². The van der Waals surface area contributed by atoms with E-state index in [0.717, 1.165) is 36.0 Å². The van der Waals surface area contributed by atoms with Gasteiger partial charge in [0.25, 0.3) is 0 Å². The molecule has 2 aromatic heterocycles. The number of alkyl halides is 3. The number of nitrogens with one attached hydrogen (secondary N) is 1. The van der Waals surface area contributed by atoms with Crippen LogP contribution in [0.25, 0.3) is 0 Å². The van der Waals surface area contributed by atoms with Crippen LogP contribution in [0.2, 0.25) is 0 Å². The van der Waals surface area contributed by atoms with Crippen molar-refractivity contribution in [2.24, 2.45) is 4.99 Å². The SMILES string of the molecule is CCCN1C=C2NC(c3cnn(CC#Cc4cccc(OC(F)(F)F)c4)c3)N=C2n2ccnc21. The number of fused-ring (bicyclic) bond motifs is 3. The van der Waals surface area contributed by atoms with Crippen molar-refractivity contribution in [3.05, 3.63) is 72.1 Å². The number of benzene rings is 1. The van der Waals surface area contributed by atoms with Crippen LogP contribution < -0.4 is 15.0 Å². The molecule has 0 amide bonds. The van der Waals surface area contributed by atoms with Gasteiger partial charge in [-0.3, -0.25) is 9.25 Å². The van der Waals surface area contributed by atoms with E-state index in [9.17, 15) is 13.2 Å². The molecule has 0 fully saturated rings. The van der Waals surface area contributed by atoms with Gasteiger partial charge in [-0.05, 0) is 24.6 Å². The summed E-state index contributed by atoms with van der Waals surface area (Å²) in [5, 5.41) is 7.76. The van der Waals surface area contributed by atoms with Gasteiger partial charge in [0.05, 0.1) is 11.9 Å². The molecular formula is C23H20F3N7O. The van der Waals surface area contributed by atoms with Crippen LogP contribution in [0.5, 0.6) is 5.75 Å². The predicted octanol–water partition coefficient (Wildman–Crippen LogP) is 3.65. The van der Waals surface area contributed by atoms with Gasteiger partial charge < -0.3 is 15.0 Å². The van der Waals surface area contributed by atoms with Gasteiger partial charge in [0, 0.05) is 42.5 Å². The summed E-state index contributed by atoms with van der Waals surface area (Å²) in [7, 11) is 0. The van der Waals surface area contributed by atoms with Crippen molar-refractivity contribution in [1.29, 1.82) is 0 Å². The Morgan fingerprint density at radius 3 is 2.97 bits per heavy atom. The molecule has 1 atom stereocenters. The topological polar surface area (TPSA) is 72.5 Å². The molecule has 34 heavy (non-hydrogen) atoms. The van der Waals surface area contributed by atoms with Gasteiger partial charge in [-0.1, -0.05) is 24.8 Å². The van der Waals surface area contributed by atoms with E-state index in [0.29, 0.717) is 5.56 Å². The molecule has 0 saturated heterocycles. The molecule has 3 aromatic rings. The van der Waals surface area contributed by atoms with Gasteiger partial charge >= 0.3 is 6.36 Å². The van der Waals surface area contributed by atoms with Gasteiger partial charge in [0.15, 0.2) is 5.84 Å².